The van der Waals surface area contributed by atoms with Crippen molar-refractivity contribution in [1.29, 1.82) is 0 Å². The zero-order valence-electron chi connectivity index (χ0n) is 11.6. The van der Waals surface area contributed by atoms with Crippen LogP contribution in [0.1, 0.15) is 33.6 Å². The van der Waals surface area contributed by atoms with E-state index in [2.05, 4.69) is 26.5 Å². The van der Waals surface area contributed by atoms with Crippen molar-refractivity contribution in [3.63, 3.8) is 0 Å². The quantitative estimate of drug-likeness (QED) is 0.712. The third-order valence-corrected chi connectivity index (χ3v) is 4.17. The lowest BCUT2D eigenvalue weighted by Gasteiger charge is -2.29. The van der Waals surface area contributed by atoms with E-state index in [1.807, 2.05) is 31.2 Å². The first-order valence-electron chi connectivity index (χ1n) is 6.66. The SMILES string of the molecule is CCOc1cccc(OCC(CC)(CC)CS)c1. The van der Waals surface area contributed by atoms with Gasteiger partial charge in [-0.25, -0.2) is 0 Å². The second-order valence-electron chi connectivity index (χ2n) is 4.56. The van der Waals surface area contributed by atoms with E-state index in [9.17, 15) is 0 Å². The van der Waals surface area contributed by atoms with E-state index in [1.165, 1.54) is 0 Å². The lowest BCUT2D eigenvalue weighted by Crippen LogP contribution is -2.29. The molecule has 0 saturated heterocycles. The summed E-state index contributed by atoms with van der Waals surface area (Å²) in [6.45, 7) is 7.75. The van der Waals surface area contributed by atoms with E-state index in [4.69, 9.17) is 9.47 Å². The first-order chi connectivity index (χ1) is 8.69. The van der Waals surface area contributed by atoms with Crippen molar-refractivity contribution >= 4 is 12.6 Å². The van der Waals surface area contributed by atoms with Crippen LogP contribution in [0.4, 0.5) is 0 Å². The van der Waals surface area contributed by atoms with Crippen molar-refractivity contribution in [2.45, 2.75) is 33.6 Å². The molecule has 0 N–H and O–H groups in total. The highest BCUT2D eigenvalue weighted by Gasteiger charge is 2.25. The number of thiol groups is 1. The Kier molecular flexibility index (Phi) is 6.41. The minimum Gasteiger partial charge on any atom is -0.494 e. The standard InChI is InChI=1S/C15H24O2S/c1-4-15(5-2,12-18)11-17-14-9-7-8-13(10-14)16-6-3/h7-10,18H,4-6,11-12H2,1-3H3. The summed E-state index contributed by atoms with van der Waals surface area (Å²) in [5.41, 5.74) is 0.171. The molecule has 2 nitrogen and oxygen atoms in total. The van der Waals surface area contributed by atoms with Gasteiger partial charge in [-0.1, -0.05) is 19.9 Å². The highest BCUT2D eigenvalue weighted by Crippen LogP contribution is 2.29. The Morgan fingerprint density at radius 2 is 1.67 bits per heavy atom. The van der Waals surface area contributed by atoms with Crippen LogP contribution in [0.5, 0.6) is 11.5 Å². The topological polar surface area (TPSA) is 18.5 Å². The Bertz CT molecular complexity index is 340. The molecule has 0 aliphatic heterocycles. The van der Waals surface area contributed by atoms with Gasteiger partial charge >= 0.3 is 0 Å². The predicted octanol–water partition coefficient (Wildman–Crippen LogP) is 4.20. The smallest absolute Gasteiger partial charge is 0.123 e. The maximum atomic E-state index is 5.90. The second-order valence-corrected chi connectivity index (χ2v) is 4.88. The summed E-state index contributed by atoms with van der Waals surface area (Å²) in [6.07, 6.45) is 2.16. The van der Waals surface area contributed by atoms with Crippen LogP contribution in [0.2, 0.25) is 0 Å². The minimum absolute atomic E-state index is 0.171. The van der Waals surface area contributed by atoms with Crippen molar-refractivity contribution in [2.24, 2.45) is 5.41 Å². The zero-order valence-corrected chi connectivity index (χ0v) is 12.5. The Morgan fingerprint density at radius 1 is 1.06 bits per heavy atom. The van der Waals surface area contributed by atoms with E-state index in [1.54, 1.807) is 0 Å². The van der Waals surface area contributed by atoms with Crippen LogP contribution < -0.4 is 9.47 Å². The lowest BCUT2D eigenvalue weighted by molar-refractivity contribution is 0.156. The summed E-state index contributed by atoms with van der Waals surface area (Å²) in [7, 11) is 0. The fourth-order valence-corrected chi connectivity index (χ4v) is 2.32. The molecule has 18 heavy (non-hydrogen) atoms. The average Bonchev–Trinajstić information content (AvgIpc) is 2.42. The third-order valence-electron chi connectivity index (χ3n) is 3.50. The Labute approximate surface area is 116 Å². The maximum Gasteiger partial charge on any atom is 0.123 e. The van der Waals surface area contributed by atoms with E-state index < -0.39 is 0 Å². The molecular weight excluding hydrogens is 244 g/mol. The van der Waals surface area contributed by atoms with E-state index in [0.29, 0.717) is 13.2 Å². The van der Waals surface area contributed by atoms with Gasteiger partial charge in [0.15, 0.2) is 0 Å². The van der Waals surface area contributed by atoms with Crippen molar-refractivity contribution in [3.05, 3.63) is 24.3 Å². The molecule has 1 rings (SSSR count). The van der Waals surface area contributed by atoms with E-state index in [0.717, 1.165) is 30.1 Å². The van der Waals surface area contributed by atoms with Crippen molar-refractivity contribution < 1.29 is 9.47 Å². The van der Waals surface area contributed by atoms with Crippen LogP contribution in [0, 0.1) is 5.41 Å². The summed E-state index contributed by atoms with van der Waals surface area (Å²) in [5.74, 6) is 2.58. The first-order valence-corrected chi connectivity index (χ1v) is 7.29. The molecule has 0 aliphatic carbocycles. The second kappa shape index (κ2) is 7.57. The number of hydrogen-bond acceptors (Lipinski definition) is 3. The Balaban J connectivity index is 2.64. The van der Waals surface area contributed by atoms with Gasteiger partial charge in [-0.15, -0.1) is 0 Å². The maximum absolute atomic E-state index is 5.90. The number of rotatable bonds is 8. The summed E-state index contributed by atoms with van der Waals surface area (Å²) >= 11 is 4.46. The van der Waals surface area contributed by atoms with Crippen molar-refractivity contribution in [1.82, 2.24) is 0 Å². The highest BCUT2D eigenvalue weighted by atomic mass is 32.1. The van der Waals surface area contributed by atoms with Gasteiger partial charge < -0.3 is 9.47 Å². The van der Waals surface area contributed by atoms with Gasteiger partial charge in [0, 0.05) is 11.5 Å². The van der Waals surface area contributed by atoms with Crippen LogP contribution in [0.3, 0.4) is 0 Å². The van der Waals surface area contributed by atoms with Crippen LogP contribution in [-0.4, -0.2) is 19.0 Å². The van der Waals surface area contributed by atoms with Crippen LogP contribution >= 0.6 is 12.6 Å². The normalized spacial score (nSPS) is 11.3. The van der Waals surface area contributed by atoms with Gasteiger partial charge in [-0.2, -0.15) is 12.6 Å². The molecule has 0 fully saturated rings. The first kappa shape index (κ1) is 15.2. The monoisotopic (exact) mass is 268 g/mol. The number of benzene rings is 1. The van der Waals surface area contributed by atoms with Gasteiger partial charge in [0.05, 0.1) is 13.2 Å². The summed E-state index contributed by atoms with van der Waals surface area (Å²) in [4.78, 5) is 0. The van der Waals surface area contributed by atoms with E-state index >= 15 is 0 Å². The van der Waals surface area contributed by atoms with Crippen LogP contribution in [-0.2, 0) is 0 Å². The number of hydrogen-bond donors (Lipinski definition) is 1. The van der Waals surface area contributed by atoms with Gasteiger partial charge in [0.2, 0.25) is 0 Å². The van der Waals surface area contributed by atoms with E-state index in [-0.39, 0.29) is 5.41 Å². The molecule has 3 heteroatoms. The molecule has 0 aliphatic rings. The van der Waals surface area contributed by atoms with Gasteiger partial charge in [0.25, 0.3) is 0 Å². The molecule has 0 aromatic heterocycles. The zero-order chi connectivity index (χ0) is 13.4. The molecule has 0 radical (unpaired) electrons. The molecule has 102 valence electrons. The molecule has 0 atom stereocenters. The largest absolute Gasteiger partial charge is 0.494 e. The molecule has 0 saturated carbocycles. The van der Waals surface area contributed by atoms with Crippen molar-refractivity contribution in [2.75, 3.05) is 19.0 Å². The molecule has 0 bridgehead atoms. The van der Waals surface area contributed by atoms with Crippen molar-refractivity contribution in [3.8, 4) is 11.5 Å². The Hall–Kier alpha value is -0.830. The van der Waals surface area contributed by atoms with Crippen LogP contribution in [0.25, 0.3) is 0 Å². The fourth-order valence-electron chi connectivity index (χ4n) is 1.78. The number of ether oxygens (including phenoxy) is 2. The predicted molar refractivity (Wildman–Crippen MR) is 80.0 cm³/mol. The van der Waals surface area contributed by atoms with Gasteiger partial charge in [-0.3, -0.25) is 0 Å². The molecule has 0 spiro atoms. The average molecular weight is 268 g/mol. The van der Waals surface area contributed by atoms with Crippen LogP contribution in [0.15, 0.2) is 24.3 Å². The lowest BCUT2D eigenvalue weighted by atomic mass is 9.85. The summed E-state index contributed by atoms with van der Waals surface area (Å²) in [5, 5.41) is 0. The molecule has 1 aromatic rings. The molecule has 0 amide bonds. The summed E-state index contributed by atoms with van der Waals surface area (Å²) < 4.78 is 11.4. The molecule has 0 heterocycles. The Morgan fingerprint density at radius 3 is 2.17 bits per heavy atom. The third kappa shape index (κ3) is 4.13. The summed E-state index contributed by atoms with van der Waals surface area (Å²) in [6, 6.07) is 7.82. The molecule has 1 aromatic carbocycles. The van der Waals surface area contributed by atoms with Gasteiger partial charge in [0.1, 0.15) is 11.5 Å². The van der Waals surface area contributed by atoms with Gasteiger partial charge in [-0.05, 0) is 37.7 Å². The fraction of sp³-hybridized carbons (Fsp3) is 0.600. The minimum atomic E-state index is 0.171. The molecular formula is C15H24O2S. The highest BCUT2D eigenvalue weighted by molar-refractivity contribution is 7.80. The molecule has 0 unspecified atom stereocenters.